The van der Waals surface area contributed by atoms with Gasteiger partial charge in [-0.05, 0) is 18.2 Å². The first-order valence-corrected chi connectivity index (χ1v) is 4.29. The minimum Gasteiger partial charge on any atom is -0.479 e. The van der Waals surface area contributed by atoms with E-state index in [4.69, 9.17) is 4.74 Å². The lowest BCUT2D eigenvalue weighted by atomic mass is 10.1. The first-order valence-electron chi connectivity index (χ1n) is 4.29. The van der Waals surface area contributed by atoms with E-state index in [-0.39, 0.29) is 12.2 Å². The summed E-state index contributed by atoms with van der Waals surface area (Å²) in [5.41, 5.74) is 0.252. The molecule has 0 bridgehead atoms. The number of hydrogen-bond acceptors (Lipinski definition) is 2. The molecule has 1 aliphatic rings. The molecule has 4 heteroatoms. The summed E-state index contributed by atoms with van der Waals surface area (Å²) in [5.74, 6) is -0.390. The summed E-state index contributed by atoms with van der Waals surface area (Å²) in [6.07, 6.45) is 0. The van der Waals surface area contributed by atoms with Crippen molar-refractivity contribution in [1.82, 2.24) is 0 Å². The van der Waals surface area contributed by atoms with Gasteiger partial charge in [-0.2, -0.15) is 0 Å². The van der Waals surface area contributed by atoms with Gasteiger partial charge in [0, 0.05) is 12.5 Å². The number of hydrogen-bond donors (Lipinski definition) is 0. The molecule has 1 aliphatic heterocycles. The summed E-state index contributed by atoms with van der Waals surface area (Å²) in [5, 5.41) is 0. The van der Waals surface area contributed by atoms with Gasteiger partial charge in [-0.25, -0.2) is 13.8 Å². The molecule has 14 heavy (non-hydrogen) atoms. The third-order valence-electron chi connectivity index (χ3n) is 2.10. The zero-order valence-corrected chi connectivity index (χ0v) is 7.63. The highest BCUT2D eigenvalue weighted by Gasteiger charge is 2.21. The largest absolute Gasteiger partial charge is 0.479 e. The van der Waals surface area contributed by atoms with Gasteiger partial charge in [0.25, 0.3) is 0 Å². The first kappa shape index (κ1) is 9.12. The molecular weight excluding hydrogens is 188 g/mol. The monoisotopic (exact) mass is 197 g/mol. The van der Waals surface area contributed by atoms with Crippen molar-refractivity contribution in [2.45, 2.75) is 13.0 Å². The maximum Gasteiger partial charge on any atom is 0.180 e. The number of ether oxygens (including phenoxy) is 1. The zero-order chi connectivity index (χ0) is 10.1. The fourth-order valence-electron chi connectivity index (χ4n) is 1.42. The predicted octanol–water partition coefficient (Wildman–Crippen LogP) is 2.45. The second-order valence-corrected chi connectivity index (χ2v) is 3.14. The molecule has 1 heterocycles. The standard InChI is InChI=1S/C10H9F2NO/c1-6-13-10(5-14-6)8-4-7(11)2-3-9(8)12/h2-4,10H,5H2,1H3. The van der Waals surface area contributed by atoms with Crippen molar-refractivity contribution >= 4 is 5.90 Å². The fourth-order valence-corrected chi connectivity index (χ4v) is 1.42. The van der Waals surface area contributed by atoms with Crippen LogP contribution in [0, 0.1) is 11.6 Å². The quantitative estimate of drug-likeness (QED) is 0.677. The average molecular weight is 197 g/mol. The fraction of sp³-hybridized carbons (Fsp3) is 0.300. The van der Waals surface area contributed by atoms with Crippen LogP contribution in [0.25, 0.3) is 0 Å². The van der Waals surface area contributed by atoms with Crippen LogP contribution >= 0.6 is 0 Å². The highest BCUT2D eigenvalue weighted by atomic mass is 19.1. The molecule has 74 valence electrons. The Morgan fingerprint density at radius 1 is 1.43 bits per heavy atom. The molecule has 1 aromatic carbocycles. The van der Waals surface area contributed by atoms with Crippen LogP contribution in [0.1, 0.15) is 18.5 Å². The van der Waals surface area contributed by atoms with Crippen LogP contribution in [0.3, 0.4) is 0 Å². The Kier molecular flexibility index (Phi) is 2.19. The Labute approximate surface area is 80.2 Å². The summed E-state index contributed by atoms with van der Waals surface area (Å²) in [6.45, 7) is 1.98. The third kappa shape index (κ3) is 1.60. The molecule has 0 fully saturated rings. The van der Waals surface area contributed by atoms with Crippen LogP contribution in [0.2, 0.25) is 0 Å². The molecule has 0 aromatic heterocycles. The predicted molar refractivity (Wildman–Crippen MR) is 48.2 cm³/mol. The first-order chi connectivity index (χ1) is 6.66. The lowest BCUT2D eigenvalue weighted by Gasteiger charge is -2.06. The molecule has 0 N–H and O–H groups in total. The van der Waals surface area contributed by atoms with Gasteiger partial charge < -0.3 is 4.74 Å². The van der Waals surface area contributed by atoms with Gasteiger partial charge in [-0.15, -0.1) is 0 Å². The van der Waals surface area contributed by atoms with Crippen molar-refractivity contribution in [3.05, 3.63) is 35.4 Å². The molecular formula is C10H9F2NO. The van der Waals surface area contributed by atoms with Crippen LogP contribution in [-0.2, 0) is 4.74 Å². The van der Waals surface area contributed by atoms with Crippen molar-refractivity contribution in [2.24, 2.45) is 4.99 Å². The van der Waals surface area contributed by atoms with E-state index in [1.165, 1.54) is 0 Å². The minimum atomic E-state index is -0.457. The molecule has 0 saturated heterocycles. The molecule has 0 saturated carbocycles. The maximum atomic E-state index is 13.3. The Balaban J connectivity index is 2.36. The van der Waals surface area contributed by atoms with E-state index in [1.54, 1.807) is 6.92 Å². The van der Waals surface area contributed by atoms with E-state index >= 15 is 0 Å². The van der Waals surface area contributed by atoms with Crippen molar-refractivity contribution in [3.8, 4) is 0 Å². The van der Waals surface area contributed by atoms with Crippen molar-refractivity contribution in [2.75, 3.05) is 6.61 Å². The van der Waals surface area contributed by atoms with Gasteiger partial charge in [0.05, 0.1) is 0 Å². The van der Waals surface area contributed by atoms with Crippen LogP contribution in [0.5, 0.6) is 0 Å². The molecule has 0 radical (unpaired) electrons. The summed E-state index contributed by atoms with van der Waals surface area (Å²) in [4.78, 5) is 4.05. The number of benzene rings is 1. The Morgan fingerprint density at radius 2 is 2.21 bits per heavy atom. The summed E-state index contributed by atoms with van der Waals surface area (Å²) in [6, 6.07) is 2.94. The van der Waals surface area contributed by atoms with Crippen molar-refractivity contribution < 1.29 is 13.5 Å². The number of aliphatic imine (C=N–C) groups is 1. The van der Waals surface area contributed by atoms with Crippen molar-refractivity contribution in [1.29, 1.82) is 0 Å². The van der Waals surface area contributed by atoms with Crippen molar-refractivity contribution in [3.63, 3.8) is 0 Å². The minimum absolute atomic E-state index is 0.252. The normalized spacial score (nSPS) is 20.5. The molecule has 0 amide bonds. The number of halogens is 2. The van der Waals surface area contributed by atoms with Gasteiger partial charge in [-0.1, -0.05) is 0 Å². The van der Waals surface area contributed by atoms with Gasteiger partial charge >= 0.3 is 0 Å². The van der Waals surface area contributed by atoms with E-state index in [0.717, 1.165) is 18.2 Å². The molecule has 0 spiro atoms. The maximum absolute atomic E-state index is 13.3. The third-order valence-corrected chi connectivity index (χ3v) is 2.10. The van der Waals surface area contributed by atoms with Gasteiger partial charge in [0.1, 0.15) is 24.3 Å². The molecule has 0 aliphatic carbocycles. The van der Waals surface area contributed by atoms with Gasteiger partial charge in [0.15, 0.2) is 5.90 Å². The van der Waals surface area contributed by atoms with E-state index in [1.807, 2.05) is 0 Å². The molecule has 1 aromatic rings. The second-order valence-electron chi connectivity index (χ2n) is 3.14. The molecule has 1 unspecified atom stereocenters. The van der Waals surface area contributed by atoms with Crippen LogP contribution in [0.4, 0.5) is 8.78 Å². The summed E-state index contributed by atoms with van der Waals surface area (Å²) in [7, 11) is 0. The number of rotatable bonds is 1. The Bertz CT molecular complexity index is 390. The van der Waals surface area contributed by atoms with E-state index < -0.39 is 17.7 Å². The van der Waals surface area contributed by atoms with Crippen LogP contribution < -0.4 is 0 Å². The van der Waals surface area contributed by atoms with Crippen LogP contribution in [-0.4, -0.2) is 12.5 Å². The highest BCUT2D eigenvalue weighted by molar-refractivity contribution is 5.75. The Morgan fingerprint density at radius 3 is 2.86 bits per heavy atom. The van der Waals surface area contributed by atoms with E-state index in [2.05, 4.69) is 4.99 Å². The highest BCUT2D eigenvalue weighted by Crippen LogP contribution is 2.25. The zero-order valence-electron chi connectivity index (χ0n) is 7.63. The summed E-state index contributed by atoms with van der Waals surface area (Å²) < 4.78 is 31.2. The second kappa shape index (κ2) is 3.36. The topological polar surface area (TPSA) is 21.6 Å². The SMILES string of the molecule is CC1=NC(c2cc(F)ccc2F)CO1. The van der Waals surface area contributed by atoms with Crippen LogP contribution in [0.15, 0.2) is 23.2 Å². The molecule has 2 nitrogen and oxygen atoms in total. The average Bonchev–Trinajstić information content (AvgIpc) is 2.56. The Hall–Kier alpha value is -1.45. The van der Waals surface area contributed by atoms with E-state index in [9.17, 15) is 8.78 Å². The summed E-state index contributed by atoms with van der Waals surface area (Å²) >= 11 is 0. The van der Waals surface area contributed by atoms with E-state index in [0.29, 0.717) is 5.90 Å². The van der Waals surface area contributed by atoms with Gasteiger partial charge in [-0.3, -0.25) is 0 Å². The van der Waals surface area contributed by atoms with Gasteiger partial charge in [0.2, 0.25) is 0 Å². The molecule has 2 rings (SSSR count). The smallest absolute Gasteiger partial charge is 0.180 e. The lowest BCUT2D eigenvalue weighted by molar-refractivity contribution is 0.314. The number of nitrogens with zero attached hydrogens (tertiary/aromatic N) is 1. The molecule has 1 atom stereocenters. The lowest BCUT2D eigenvalue weighted by Crippen LogP contribution is -2.01.